The number of aryl methyl sites for hydroxylation is 2. The molecular weight excluding hydrogens is 408 g/mol. The summed E-state index contributed by atoms with van der Waals surface area (Å²) < 4.78 is 5.65. The van der Waals surface area contributed by atoms with Gasteiger partial charge in [-0.2, -0.15) is 0 Å². The Kier molecular flexibility index (Phi) is 7.87. The number of carbonyl (C=O) groups excluding carboxylic acids is 1. The fourth-order valence-corrected chi connectivity index (χ4v) is 5.44. The second kappa shape index (κ2) is 10.8. The Hall–Kier alpha value is -2.17. The van der Waals surface area contributed by atoms with Crippen molar-refractivity contribution in [2.75, 3.05) is 39.4 Å². The number of amides is 1. The molecule has 0 atom stereocenters. The summed E-state index contributed by atoms with van der Waals surface area (Å²) in [6.45, 7) is 11.9. The van der Waals surface area contributed by atoms with E-state index in [1.165, 1.54) is 40.7 Å². The molecule has 33 heavy (non-hydrogen) atoms. The van der Waals surface area contributed by atoms with Crippen molar-refractivity contribution in [3.05, 3.63) is 59.2 Å². The second-order valence-corrected chi connectivity index (χ2v) is 10.4. The van der Waals surface area contributed by atoms with E-state index >= 15 is 0 Å². The highest BCUT2D eigenvalue weighted by Crippen LogP contribution is 2.36. The molecule has 0 bridgehead atoms. The number of hydrogen-bond donors (Lipinski definition) is 1. The lowest BCUT2D eigenvalue weighted by Gasteiger charge is -2.36. The third kappa shape index (κ3) is 6.24. The predicted octanol–water partition coefficient (Wildman–Crippen LogP) is 5.16. The Bertz CT molecular complexity index is 920. The van der Waals surface area contributed by atoms with Crippen LogP contribution in [0.15, 0.2) is 42.5 Å². The molecule has 2 aromatic carbocycles. The molecular formula is C29H40N2O2. The molecule has 0 aliphatic carbocycles. The summed E-state index contributed by atoms with van der Waals surface area (Å²) in [6.07, 6.45) is 4.88. The maximum Gasteiger partial charge on any atom is 0.226 e. The molecule has 1 N–H and O–H groups in total. The summed E-state index contributed by atoms with van der Waals surface area (Å²) in [5.41, 5.74) is 5.87. The monoisotopic (exact) mass is 448 g/mol. The van der Waals surface area contributed by atoms with E-state index in [1.54, 1.807) is 0 Å². The molecule has 0 radical (unpaired) electrons. The Labute approximate surface area is 199 Å². The quantitative estimate of drug-likeness (QED) is 0.636. The van der Waals surface area contributed by atoms with Crippen molar-refractivity contribution in [1.29, 1.82) is 0 Å². The normalized spacial score (nSPS) is 19.4. The average molecular weight is 449 g/mol. The zero-order chi connectivity index (χ0) is 23.3. The number of ether oxygens (including phenoxy) is 1. The molecule has 0 saturated carbocycles. The molecule has 178 valence electrons. The van der Waals surface area contributed by atoms with Crippen LogP contribution in [0.25, 0.3) is 11.1 Å². The molecule has 0 unspecified atom stereocenters. The van der Waals surface area contributed by atoms with E-state index in [9.17, 15) is 4.79 Å². The zero-order valence-electron chi connectivity index (χ0n) is 20.7. The van der Waals surface area contributed by atoms with Gasteiger partial charge in [0.2, 0.25) is 5.91 Å². The van der Waals surface area contributed by atoms with Gasteiger partial charge in [0.1, 0.15) is 0 Å². The highest BCUT2D eigenvalue weighted by molar-refractivity contribution is 5.83. The van der Waals surface area contributed by atoms with Crippen LogP contribution in [-0.4, -0.2) is 50.2 Å². The lowest BCUT2D eigenvalue weighted by molar-refractivity contribution is -0.136. The lowest BCUT2D eigenvalue weighted by Crippen LogP contribution is -2.48. The van der Waals surface area contributed by atoms with Crippen LogP contribution in [0.1, 0.15) is 49.3 Å². The summed E-state index contributed by atoms with van der Waals surface area (Å²) in [5, 5.41) is 3.30. The van der Waals surface area contributed by atoms with Gasteiger partial charge in [0.15, 0.2) is 0 Å². The van der Waals surface area contributed by atoms with Crippen LogP contribution in [0.2, 0.25) is 0 Å². The largest absolute Gasteiger partial charge is 0.381 e. The number of nitrogens with one attached hydrogen (secondary N) is 1. The van der Waals surface area contributed by atoms with Gasteiger partial charge in [0.05, 0.1) is 5.41 Å². The molecule has 2 aromatic rings. The van der Waals surface area contributed by atoms with Crippen molar-refractivity contribution < 1.29 is 9.53 Å². The van der Waals surface area contributed by atoms with Crippen LogP contribution in [0.4, 0.5) is 0 Å². The molecule has 4 nitrogen and oxygen atoms in total. The van der Waals surface area contributed by atoms with Crippen LogP contribution >= 0.6 is 0 Å². The van der Waals surface area contributed by atoms with E-state index in [0.29, 0.717) is 13.2 Å². The maximum atomic E-state index is 13.5. The summed E-state index contributed by atoms with van der Waals surface area (Å²) in [7, 11) is 0. The summed E-state index contributed by atoms with van der Waals surface area (Å²) >= 11 is 0. The van der Waals surface area contributed by atoms with Crippen LogP contribution in [0, 0.1) is 25.2 Å². The highest BCUT2D eigenvalue weighted by atomic mass is 16.5. The summed E-state index contributed by atoms with van der Waals surface area (Å²) in [6, 6.07) is 15.4. The number of nitrogens with zero attached hydrogens (tertiary/aromatic N) is 1. The SMILES string of the molecule is Cc1cc(C)cc(-c2cccc(CC3(C(=O)NCCN4CCC(C)CC4)CCOCC3)c2)c1. The van der Waals surface area contributed by atoms with E-state index in [1.807, 2.05) is 0 Å². The van der Waals surface area contributed by atoms with Crippen LogP contribution in [0.5, 0.6) is 0 Å². The van der Waals surface area contributed by atoms with Gasteiger partial charge in [-0.1, -0.05) is 60.5 Å². The van der Waals surface area contributed by atoms with Crippen molar-refractivity contribution in [2.24, 2.45) is 11.3 Å². The van der Waals surface area contributed by atoms with Gasteiger partial charge in [-0.25, -0.2) is 0 Å². The molecule has 4 heteroatoms. The smallest absolute Gasteiger partial charge is 0.226 e. The van der Waals surface area contributed by atoms with Crippen molar-refractivity contribution in [3.8, 4) is 11.1 Å². The van der Waals surface area contributed by atoms with E-state index in [2.05, 4.69) is 73.5 Å². The Morgan fingerprint density at radius 3 is 2.42 bits per heavy atom. The Morgan fingerprint density at radius 1 is 1.03 bits per heavy atom. The van der Waals surface area contributed by atoms with Gasteiger partial charge in [-0.05, 0) is 81.6 Å². The number of piperidine rings is 1. The molecule has 2 saturated heterocycles. The molecule has 2 heterocycles. The lowest BCUT2D eigenvalue weighted by atomic mass is 9.74. The average Bonchev–Trinajstić information content (AvgIpc) is 2.80. The third-order valence-electron chi connectivity index (χ3n) is 7.55. The fraction of sp³-hybridized carbons (Fsp3) is 0.552. The number of carbonyl (C=O) groups is 1. The van der Waals surface area contributed by atoms with E-state index in [-0.39, 0.29) is 11.3 Å². The first-order valence-corrected chi connectivity index (χ1v) is 12.7. The molecule has 1 amide bonds. The first-order chi connectivity index (χ1) is 15.9. The first-order valence-electron chi connectivity index (χ1n) is 12.7. The van der Waals surface area contributed by atoms with Crippen molar-refractivity contribution >= 4 is 5.91 Å². The van der Waals surface area contributed by atoms with Crippen LogP contribution < -0.4 is 5.32 Å². The van der Waals surface area contributed by atoms with Gasteiger partial charge >= 0.3 is 0 Å². The van der Waals surface area contributed by atoms with Crippen molar-refractivity contribution in [3.63, 3.8) is 0 Å². The Balaban J connectivity index is 1.44. The maximum absolute atomic E-state index is 13.5. The summed E-state index contributed by atoms with van der Waals surface area (Å²) in [4.78, 5) is 16.0. The minimum absolute atomic E-state index is 0.202. The van der Waals surface area contributed by atoms with E-state index in [4.69, 9.17) is 4.74 Å². The number of hydrogen-bond acceptors (Lipinski definition) is 3. The molecule has 2 aliphatic rings. The van der Waals surface area contributed by atoms with Crippen LogP contribution in [0.3, 0.4) is 0 Å². The van der Waals surface area contributed by atoms with Gasteiger partial charge in [-0.3, -0.25) is 4.79 Å². The summed E-state index contributed by atoms with van der Waals surface area (Å²) in [5.74, 6) is 1.04. The van der Waals surface area contributed by atoms with Crippen molar-refractivity contribution in [1.82, 2.24) is 10.2 Å². The minimum Gasteiger partial charge on any atom is -0.381 e. The van der Waals surface area contributed by atoms with Crippen molar-refractivity contribution in [2.45, 2.75) is 52.9 Å². The van der Waals surface area contributed by atoms with Gasteiger partial charge in [-0.15, -0.1) is 0 Å². The molecule has 2 aliphatic heterocycles. The zero-order valence-corrected chi connectivity index (χ0v) is 20.7. The fourth-order valence-electron chi connectivity index (χ4n) is 5.44. The number of likely N-dealkylation sites (tertiary alicyclic amines) is 1. The van der Waals surface area contributed by atoms with E-state index in [0.717, 1.165) is 51.4 Å². The molecule has 0 aromatic heterocycles. The number of benzene rings is 2. The third-order valence-corrected chi connectivity index (χ3v) is 7.55. The highest BCUT2D eigenvalue weighted by Gasteiger charge is 2.40. The minimum atomic E-state index is -0.379. The predicted molar refractivity (Wildman–Crippen MR) is 135 cm³/mol. The standard InChI is InChI=1S/C29H40N2O2/c1-22-7-12-31(13-8-22)14-11-30-28(32)29(9-15-33-16-10-29)21-25-5-4-6-26(20-25)27-18-23(2)17-24(3)19-27/h4-6,17-20,22H,7-16,21H2,1-3H3,(H,30,32). The molecule has 0 spiro atoms. The van der Waals surface area contributed by atoms with Gasteiger partial charge in [0.25, 0.3) is 0 Å². The van der Waals surface area contributed by atoms with Crippen LogP contribution in [-0.2, 0) is 16.0 Å². The van der Waals surface area contributed by atoms with E-state index < -0.39 is 0 Å². The second-order valence-electron chi connectivity index (χ2n) is 10.4. The topological polar surface area (TPSA) is 41.6 Å². The number of rotatable bonds is 7. The van der Waals surface area contributed by atoms with Gasteiger partial charge < -0.3 is 15.0 Å². The molecule has 2 fully saturated rings. The van der Waals surface area contributed by atoms with Gasteiger partial charge in [0, 0.05) is 26.3 Å². The molecule has 4 rings (SSSR count). The first kappa shape index (κ1) is 24.0. The Morgan fingerprint density at radius 2 is 1.73 bits per heavy atom.